The Morgan fingerprint density at radius 3 is 2.71 bits per heavy atom. The highest BCUT2D eigenvalue weighted by molar-refractivity contribution is 9.10. The first-order valence-corrected chi connectivity index (χ1v) is 8.40. The first kappa shape index (κ1) is 16.5. The summed E-state index contributed by atoms with van der Waals surface area (Å²) in [7, 11) is 0. The molecule has 0 fully saturated rings. The van der Waals surface area contributed by atoms with E-state index in [-0.39, 0.29) is 6.04 Å². The van der Waals surface area contributed by atoms with Crippen LogP contribution in [0.4, 0.5) is 0 Å². The quantitative estimate of drug-likeness (QED) is 0.793. The number of halogens is 2. The van der Waals surface area contributed by atoms with Gasteiger partial charge in [-0.3, -0.25) is 9.67 Å². The van der Waals surface area contributed by atoms with Gasteiger partial charge < -0.3 is 5.32 Å². The molecule has 2 heterocycles. The molecule has 2 rings (SSSR count). The fourth-order valence-corrected chi connectivity index (χ4v) is 2.72. The van der Waals surface area contributed by atoms with Crippen LogP contribution in [0.2, 0.25) is 5.02 Å². The summed E-state index contributed by atoms with van der Waals surface area (Å²) in [5, 5.41) is 8.59. The lowest BCUT2D eigenvalue weighted by Gasteiger charge is -2.20. The molecule has 0 saturated carbocycles. The van der Waals surface area contributed by atoms with Crippen LogP contribution < -0.4 is 5.32 Å². The van der Waals surface area contributed by atoms with Crippen LogP contribution in [-0.2, 0) is 6.54 Å². The Hall–Kier alpha value is -0.910. The fourth-order valence-electron chi connectivity index (χ4n) is 2.24. The van der Waals surface area contributed by atoms with Crippen molar-refractivity contribution in [3.63, 3.8) is 0 Å². The van der Waals surface area contributed by atoms with Crippen LogP contribution in [0, 0.1) is 0 Å². The Morgan fingerprint density at radius 1 is 1.29 bits per heavy atom. The number of pyridine rings is 1. The minimum Gasteiger partial charge on any atom is -0.304 e. The molecule has 6 heteroatoms. The van der Waals surface area contributed by atoms with E-state index >= 15 is 0 Å². The average molecular weight is 372 g/mol. The van der Waals surface area contributed by atoms with Gasteiger partial charge in [0.05, 0.1) is 28.6 Å². The minimum absolute atomic E-state index is 0.0420. The zero-order chi connectivity index (χ0) is 15.2. The van der Waals surface area contributed by atoms with Gasteiger partial charge in [-0.15, -0.1) is 0 Å². The van der Waals surface area contributed by atoms with E-state index in [4.69, 9.17) is 11.6 Å². The van der Waals surface area contributed by atoms with Crippen LogP contribution in [0.25, 0.3) is 0 Å². The van der Waals surface area contributed by atoms with Crippen LogP contribution in [-0.4, -0.2) is 21.3 Å². The van der Waals surface area contributed by atoms with Crippen molar-refractivity contribution in [2.75, 3.05) is 6.54 Å². The first-order chi connectivity index (χ1) is 10.2. The average Bonchev–Trinajstić information content (AvgIpc) is 2.83. The third-order valence-corrected chi connectivity index (χ3v) is 3.95. The molecule has 0 bridgehead atoms. The van der Waals surface area contributed by atoms with Gasteiger partial charge in [0.25, 0.3) is 0 Å². The van der Waals surface area contributed by atoms with Crippen LogP contribution in [0.5, 0.6) is 0 Å². The second-order valence-corrected chi connectivity index (χ2v) is 6.21. The van der Waals surface area contributed by atoms with Crippen molar-refractivity contribution >= 4 is 27.5 Å². The van der Waals surface area contributed by atoms with Gasteiger partial charge in [-0.05, 0) is 47.4 Å². The van der Waals surface area contributed by atoms with Crippen LogP contribution in [0.1, 0.15) is 44.1 Å². The second kappa shape index (κ2) is 7.92. The largest absolute Gasteiger partial charge is 0.304 e. The lowest BCUT2D eigenvalue weighted by Crippen LogP contribution is -2.27. The smallest absolute Gasteiger partial charge is 0.0937 e. The van der Waals surface area contributed by atoms with E-state index in [0.29, 0.717) is 5.02 Å². The Balaban J connectivity index is 2.40. The Morgan fingerprint density at radius 2 is 2.10 bits per heavy atom. The highest BCUT2D eigenvalue weighted by Crippen LogP contribution is 2.28. The summed E-state index contributed by atoms with van der Waals surface area (Å²) in [6, 6.07) is 3.97. The van der Waals surface area contributed by atoms with Crippen molar-refractivity contribution in [3.8, 4) is 0 Å². The Labute approximate surface area is 139 Å². The van der Waals surface area contributed by atoms with E-state index in [1.54, 1.807) is 6.20 Å². The molecule has 1 atom stereocenters. The molecule has 114 valence electrons. The van der Waals surface area contributed by atoms with Crippen molar-refractivity contribution in [1.29, 1.82) is 0 Å². The lowest BCUT2D eigenvalue weighted by molar-refractivity contribution is 0.505. The number of nitrogens with zero attached hydrogens (tertiary/aromatic N) is 3. The zero-order valence-electron chi connectivity index (χ0n) is 12.3. The van der Waals surface area contributed by atoms with Crippen molar-refractivity contribution in [2.45, 2.75) is 39.3 Å². The fraction of sp³-hybridized carbons (Fsp3) is 0.467. The van der Waals surface area contributed by atoms with Gasteiger partial charge >= 0.3 is 0 Å². The standard InChI is InChI=1S/C15H20BrClN4/c1-3-7-18-14(13-6-5-11(16)9-19-13)15-12(17)10-20-21(15)8-4-2/h5-6,9-10,14,18H,3-4,7-8H2,1-2H3. The van der Waals surface area contributed by atoms with Crippen LogP contribution >= 0.6 is 27.5 Å². The molecular weight excluding hydrogens is 352 g/mol. The van der Waals surface area contributed by atoms with Crippen LogP contribution in [0.3, 0.4) is 0 Å². The van der Waals surface area contributed by atoms with E-state index in [0.717, 1.165) is 41.8 Å². The number of rotatable bonds is 7. The van der Waals surface area contributed by atoms with E-state index in [2.05, 4.69) is 45.2 Å². The predicted octanol–water partition coefficient (Wildman–Crippen LogP) is 4.19. The molecular formula is C15H20BrClN4. The zero-order valence-corrected chi connectivity index (χ0v) is 14.7. The van der Waals surface area contributed by atoms with Crippen molar-refractivity contribution in [3.05, 3.63) is 45.4 Å². The molecule has 2 aromatic rings. The minimum atomic E-state index is -0.0420. The van der Waals surface area contributed by atoms with Gasteiger partial charge in [0.15, 0.2) is 0 Å². The molecule has 0 aliphatic carbocycles. The molecule has 0 aliphatic rings. The first-order valence-electron chi connectivity index (χ1n) is 7.23. The summed E-state index contributed by atoms with van der Waals surface area (Å²) in [5.41, 5.74) is 1.94. The van der Waals surface area contributed by atoms with Gasteiger partial charge in [-0.2, -0.15) is 5.10 Å². The van der Waals surface area contributed by atoms with Crippen molar-refractivity contribution in [1.82, 2.24) is 20.1 Å². The number of aryl methyl sites for hydroxylation is 1. The summed E-state index contributed by atoms with van der Waals surface area (Å²) in [4.78, 5) is 4.52. The lowest BCUT2D eigenvalue weighted by atomic mass is 10.1. The van der Waals surface area contributed by atoms with Gasteiger partial charge in [0.2, 0.25) is 0 Å². The van der Waals surface area contributed by atoms with Gasteiger partial charge in [-0.1, -0.05) is 25.4 Å². The van der Waals surface area contributed by atoms with E-state index in [1.165, 1.54) is 0 Å². The molecule has 0 aliphatic heterocycles. The predicted molar refractivity (Wildman–Crippen MR) is 89.6 cm³/mol. The highest BCUT2D eigenvalue weighted by Gasteiger charge is 2.22. The van der Waals surface area contributed by atoms with E-state index < -0.39 is 0 Å². The maximum absolute atomic E-state index is 6.38. The third kappa shape index (κ3) is 4.05. The summed E-state index contributed by atoms with van der Waals surface area (Å²) < 4.78 is 2.94. The summed E-state index contributed by atoms with van der Waals surface area (Å²) >= 11 is 9.80. The third-order valence-electron chi connectivity index (χ3n) is 3.19. The molecule has 0 radical (unpaired) electrons. The van der Waals surface area contributed by atoms with Crippen molar-refractivity contribution in [2.24, 2.45) is 0 Å². The number of hydrogen-bond acceptors (Lipinski definition) is 3. The van der Waals surface area contributed by atoms with E-state index in [9.17, 15) is 0 Å². The maximum atomic E-state index is 6.38. The second-order valence-electron chi connectivity index (χ2n) is 4.89. The Kier molecular flexibility index (Phi) is 6.21. The molecule has 0 saturated heterocycles. The highest BCUT2D eigenvalue weighted by atomic mass is 79.9. The van der Waals surface area contributed by atoms with E-state index in [1.807, 2.05) is 23.0 Å². The summed E-state index contributed by atoms with van der Waals surface area (Å²) in [5.74, 6) is 0. The van der Waals surface area contributed by atoms with Crippen LogP contribution in [0.15, 0.2) is 29.0 Å². The number of nitrogens with one attached hydrogen (secondary N) is 1. The molecule has 2 aromatic heterocycles. The van der Waals surface area contributed by atoms with Gasteiger partial charge in [0, 0.05) is 17.2 Å². The monoisotopic (exact) mass is 370 g/mol. The molecule has 4 nitrogen and oxygen atoms in total. The van der Waals surface area contributed by atoms with Crippen molar-refractivity contribution < 1.29 is 0 Å². The molecule has 0 spiro atoms. The Bertz CT molecular complexity index is 568. The maximum Gasteiger partial charge on any atom is 0.0937 e. The number of hydrogen-bond donors (Lipinski definition) is 1. The molecule has 1 N–H and O–H groups in total. The SMILES string of the molecule is CCCNC(c1ccc(Br)cn1)c1c(Cl)cnn1CCC. The number of aromatic nitrogens is 3. The van der Waals surface area contributed by atoms with Gasteiger partial charge in [0.1, 0.15) is 0 Å². The van der Waals surface area contributed by atoms with Gasteiger partial charge in [-0.25, -0.2) is 0 Å². The topological polar surface area (TPSA) is 42.7 Å². The normalized spacial score (nSPS) is 12.6. The summed E-state index contributed by atoms with van der Waals surface area (Å²) in [6.45, 7) is 6.02. The molecule has 21 heavy (non-hydrogen) atoms. The molecule has 1 unspecified atom stereocenters. The molecule has 0 aromatic carbocycles. The molecule has 0 amide bonds. The summed E-state index contributed by atoms with van der Waals surface area (Å²) in [6.07, 6.45) is 5.59.